The summed E-state index contributed by atoms with van der Waals surface area (Å²) in [5.41, 5.74) is 0. The molecule has 0 bridgehead atoms. The molecular weight excluding hydrogens is 216 g/mol. The second kappa shape index (κ2) is 4.58. The molecule has 1 aliphatic carbocycles. The van der Waals surface area contributed by atoms with E-state index < -0.39 is 0 Å². The third kappa shape index (κ3) is 2.08. The van der Waals surface area contributed by atoms with Gasteiger partial charge in [0.1, 0.15) is 0 Å². The Bertz CT molecular complexity index is 308. The molecule has 0 aromatic rings. The molecule has 3 fully saturated rings. The highest BCUT2D eigenvalue weighted by Crippen LogP contribution is 2.38. The number of hydrogen-bond donors (Lipinski definition) is 2. The standard InChI is InChI=1S/C13H22N2O2/c16-10-4-2-6-15(8-10)13(17)12-11-5-1-3-9(11)7-14-12/h9-12,14,16H,1-8H2. The number of likely N-dealkylation sites (tertiary alicyclic amines) is 1. The normalized spacial score (nSPS) is 41.6. The number of carbonyl (C=O) groups is 1. The van der Waals surface area contributed by atoms with Crippen LogP contribution in [0.15, 0.2) is 0 Å². The summed E-state index contributed by atoms with van der Waals surface area (Å²) in [6.07, 6.45) is 5.23. The van der Waals surface area contributed by atoms with Crippen LogP contribution in [0.4, 0.5) is 0 Å². The van der Waals surface area contributed by atoms with Crippen LogP contribution in [-0.2, 0) is 4.79 Å². The van der Waals surface area contributed by atoms with Crippen molar-refractivity contribution in [3.05, 3.63) is 0 Å². The highest BCUT2D eigenvalue weighted by Gasteiger charge is 2.44. The highest BCUT2D eigenvalue weighted by atomic mass is 16.3. The number of piperidine rings is 1. The van der Waals surface area contributed by atoms with Gasteiger partial charge in [-0.25, -0.2) is 0 Å². The van der Waals surface area contributed by atoms with Crippen molar-refractivity contribution in [1.29, 1.82) is 0 Å². The van der Waals surface area contributed by atoms with Gasteiger partial charge in [0.25, 0.3) is 0 Å². The van der Waals surface area contributed by atoms with Crippen LogP contribution >= 0.6 is 0 Å². The first-order chi connectivity index (χ1) is 8.25. The second-order valence-corrected chi connectivity index (χ2v) is 5.82. The molecule has 2 saturated heterocycles. The first-order valence-corrected chi connectivity index (χ1v) is 6.96. The van der Waals surface area contributed by atoms with Crippen LogP contribution in [-0.4, -0.2) is 47.7 Å². The fraction of sp³-hybridized carbons (Fsp3) is 0.923. The van der Waals surface area contributed by atoms with Gasteiger partial charge in [-0.2, -0.15) is 0 Å². The van der Waals surface area contributed by atoms with E-state index in [0.717, 1.165) is 31.8 Å². The van der Waals surface area contributed by atoms with E-state index in [1.807, 2.05) is 4.90 Å². The smallest absolute Gasteiger partial charge is 0.240 e. The Labute approximate surface area is 102 Å². The van der Waals surface area contributed by atoms with Gasteiger partial charge in [-0.1, -0.05) is 6.42 Å². The fourth-order valence-corrected chi connectivity index (χ4v) is 3.81. The number of nitrogens with zero attached hydrogens (tertiary/aromatic N) is 1. The van der Waals surface area contributed by atoms with Gasteiger partial charge in [-0.15, -0.1) is 0 Å². The summed E-state index contributed by atoms with van der Waals surface area (Å²) in [4.78, 5) is 14.3. The molecule has 2 heterocycles. The van der Waals surface area contributed by atoms with Gasteiger partial charge in [-0.3, -0.25) is 4.79 Å². The number of β-amino-alcohol motifs (C(OH)–C–C–N with tert-alkyl or cyclic N) is 1. The molecule has 4 atom stereocenters. The summed E-state index contributed by atoms with van der Waals surface area (Å²) in [5.74, 6) is 1.51. The summed E-state index contributed by atoms with van der Waals surface area (Å²) in [6, 6.07) is 0.0350. The number of aliphatic hydroxyl groups is 1. The fourth-order valence-electron chi connectivity index (χ4n) is 3.81. The molecule has 4 nitrogen and oxygen atoms in total. The molecule has 17 heavy (non-hydrogen) atoms. The zero-order chi connectivity index (χ0) is 11.8. The number of fused-ring (bicyclic) bond motifs is 1. The third-order valence-electron chi connectivity index (χ3n) is 4.72. The van der Waals surface area contributed by atoms with Crippen LogP contribution < -0.4 is 5.32 Å². The molecule has 4 heteroatoms. The summed E-state index contributed by atoms with van der Waals surface area (Å²) in [7, 11) is 0. The molecule has 3 rings (SSSR count). The quantitative estimate of drug-likeness (QED) is 0.693. The van der Waals surface area contributed by atoms with E-state index in [1.165, 1.54) is 19.3 Å². The van der Waals surface area contributed by atoms with Crippen LogP contribution in [0.3, 0.4) is 0 Å². The number of hydrogen-bond acceptors (Lipinski definition) is 3. The lowest BCUT2D eigenvalue weighted by Gasteiger charge is -2.33. The SMILES string of the molecule is O=C(C1NCC2CCCC21)N1CCCC(O)C1. The van der Waals surface area contributed by atoms with Crippen LogP contribution in [0.2, 0.25) is 0 Å². The van der Waals surface area contributed by atoms with Gasteiger partial charge < -0.3 is 15.3 Å². The second-order valence-electron chi connectivity index (χ2n) is 5.82. The van der Waals surface area contributed by atoms with E-state index in [1.54, 1.807) is 0 Å². The zero-order valence-electron chi connectivity index (χ0n) is 10.3. The van der Waals surface area contributed by atoms with Crippen LogP contribution in [0.1, 0.15) is 32.1 Å². The lowest BCUT2D eigenvalue weighted by atomic mass is 9.93. The van der Waals surface area contributed by atoms with Crippen molar-refractivity contribution in [2.75, 3.05) is 19.6 Å². The predicted molar refractivity (Wildman–Crippen MR) is 64.4 cm³/mol. The predicted octanol–water partition coefficient (Wildman–Crippen LogP) is 0.358. The summed E-state index contributed by atoms with van der Waals surface area (Å²) in [5, 5.41) is 13.0. The maximum absolute atomic E-state index is 12.4. The third-order valence-corrected chi connectivity index (χ3v) is 4.72. The molecular formula is C13H22N2O2. The Kier molecular flexibility index (Phi) is 3.09. The molecule has 0 radical (unpaired) electrons. The molecule has 0 aromatic carbocycles. The van der Waals surface area contributed by atoms with Crippen LogP contribution in [0.25, 0.3) is 0 Å². The Morgan fingerprint density at radius 1 is 1.24 bits per heavy atom. The van der Waals surface area contributed by atoms with E-state index in [9.17, 15) is 9.90 Å². The van der Waals surface area contributed by atoms with Crippen molar-refractivity contribution in [3.8, 4) is 0 Å². The Balaban J connectivity index is 1.65. The van der Waals surface area contributed by atoms with Gasteiger partial charge in [0.2, 0.25) is 5.91 Å². The van der Waals surface area contributed by atoms with E-state index in [4.69, 9.17) is 0 Å². The molecule has 3 aliphatic rings. The van der Waals surface area contributed by atoms with Crippen molar-refractivity contribution >= 4 is 5.91 Å². The first-order valence-electron chi connectivity index (χ1n) is 6.96. The minimum absolute atomic E-state index is 0.0350. The zero-order valence-corrected chi connectivity index (χ0v) is 10.3. The van der Waals surface area contributed by atoms with Gasteiger partial charge in [0.15, 0.2) is 0 Å². The van der Waals surface area contributed by atoms with Gasteiger partial charge in [-0.05, 0) is 44.1 Å². The van der Waals surface area contributed by atoms with E-state index in [-0.39, 0.29) is 18.1 Å². The highest BCUT2D eigenvalue weighted by molar-refractivity contribution is 5.83. The van der Waals surface area contributed by atoms with Crippen LogP contribution in [0.5, 0.6) is 0 Å². The number of rotatable bonds is 1. The molecule has 0 aromatic heterocycles. The molecule has 2 N–H and O–H groups in total. The lowest BCUT2D eigenvalue weighted by Crippen LogP contribution is -2.50. The van der Waals surface area contributed by atoms with Crippen molar-refractivity contribution in [2.45, 2.75) is 44.2 Å². The minimum Gasteiger partial charge on any atom is -0.391 e. The minimum atomic E-state index is -0.312. The maximum Gasteiger partial charge on any atom is 0.240 e. The van der Waals surface area contributed by atoms with Gasteiger partial charge in [0.05, 0.1) is 12.1 Å². The molecule has 2 aliphatic heterocycles. The van der Waals surface area contributed by atoms with Gasteiger partial charge in [0, 0.05) is 13.1 Å². The van der Waals surface area contributed by atoms with Crippen LogP contribution in [0, 0.1) is 11.8 Å². The number of carbonyl (C=O) groups excluding carboxylic acids is 1. The molecule has 1 saturated carbocycles. The number of amides is 1. The summed E-state index contributed by atoms with van der Waals surface area (Å²) in [6.45, 7) is 2.37. The average Bonchev–Trinajstić information content (AvgIpc) is 2.89. The molecule has 4 unspecified atom stereocenters. The maximum atomic E-state index is 12.4. The summed E-state index contributed by atoms with van der Waals surface area (Å²) >= 11 is 0. The van der Waals surface area contributed by atoms with Crippen molar-refractivity contribution < 1.29 is 9.90 Å². The Hall–Kier alpha value is -0.610. The average molecular weight is 238 g/mol. The number of aliphatic hydroxyl groups excluding tert-OH is 1. The lowest BCUT2D eigenvalue weighted by molar-refractivity contribution is -0.137. The summed E-state index contributed by atoms with van der Waals surface area (Å²) < 4.78 is 0. The van der Waals surface area contributed by atoms with Crippen molar-refractivity contribution in [3.63, 3.8) is 0 Å². The first kappa shape index (κ1) is 11.5. The molecule has 1 amide bonds. The van der Waals surface area contributed by atoms with Gasteiger partial charge >= 0.3 is 0 Å². The van der Waals surface area contributed by atoms with E-state index in [2.05, 4.69) is 5.32 Å². The van der Waals surface area contributed by atoms with Crippen molar-refractivity contribution in [2.24, 2.45) is 11.8 Å². The van der Waals surface area contributed by atoms with Crippen molar-refractivity contribution in [1.82, 2.24) is 10.2 Å². The molecule has 96 valence electrons. The van der Waals surface area contributed by atoms with E-state index in [0.29, 0.717) is 12.5 Å². The largest absolute Gasteiger partial charge is 0.391 e. The Morgan fingerprint density at radius 3 is 2.94 bits per heavy atom. The Morgan fingerprint density at radius 2 is 2.12 bits per heavy atom. The topological polar surface area (TPSA) is 52.6 Å². The van der Waals surface area contributed by atoms with E-state index >= 15 is 0 Å². The molecule has 0 spiro atoms. The number of nitrogens with one attached hydrogen (secondary N) is 1. The monoisotopic (exact) mass is 238 g/mol.